The number of carbonyl (C=O) groups is 2. The van der Waals surface area contributed by atoms with Crippen molar-refractivity contribution in [2.45, 2.75) is 13.8 Å². The lowest BCUT2D eigenvalue weighted by molar-refractivity contribution is -0.112. The van der Waals surface area contributed by atoms with Gasteiger partial charge in [0.05, 0.1) is 17.7 Å². The summed E-state index contributed by atoms with van der Waals surface area (Å²) in [7, 11) is 1.28. The van der Waals surface area contributed by atoms with Crippen molar-refractivity contribution in [1.82, 2.24) is 0 Å². The molecule has 1 N–H and O–H groups in total. The molecule has 0 unspecified atom stereocenters. The fourth-order valence-corrected chi connectivity index (χ4v) is 3.15. The molecule has 3 aromatic rings. The molecular formula is C24H19ClN2O4. The van der Waals surface area contributed by atoms with Gasteiger partial charge in [-0.15, -0.1) is 0 Å². The maximum absolute atomic E-state index is 12.6. The number of aryl methyl sites for hydroxylation is 1. The highest BCUT2D eigenvalue weighted by atomic mass is 35.5. The molecule has 1 aromatic heterocycles. The van der Waals surface area contributed by atoms with Crippen molar-refractivity contribution in [2.75, 3.05) is 12.4 Å². The van der Waals surface area contributed by atoms with Gasteiger partial charge in [-0.25, -0.2) is 4.79 Å². The summed E-state index contributed by atoms with van der Waals surface area (Å²) in [6.45, 7) is 3.84. The molecule has 0 fully saturated rings. The lowest BCUT2D eigenvalue weighted by Gasteiger charge is -2.09. The highest BCUT2D eigenvalue weighted by molar-refractivity contribution is 6.33. The highest BCUT2D eigenvalue weighted by Crippen LogP contribution is 2.28. The SMILES string of the molecule is COC(=O)c1ccc(-c2ccc(/C=C(\C#N)C(=O)Nc3cccc(C)c3C)o2)cc1Cl. The summed E-state index contributed by atoms with van der Waals surface area (Å²) in [5.74, 6) is -0.264. The zero-order chi connectivity index (χ0) is 22.5. The molecule has 0 saturated heterocycles. The summed E-state index contributed by atoms with van der Waals surface area (Å²) in [6, 6.07) is 15.6. The first-order valence-corrected chi connectivity index (χ1v) is 9.69. The average molecular weight is 435 g/mol. The van der Waals surface area contributed by atoms with Gasteiger partial charge in [-0.1, -0.05) is 29.8 Å². The van der Waals surface area contributed by atoms with E-state index in [0.717, 1.165) is 11.1 Å². The van der Waals surface area contributed by atoms with Gasteiger partial charge in [-0.05, 0) is 55.3 Å². The van der Waals surface area contributed by atoms with Crippen LogP contribution in [-0.2, 0) is 9.53 Å². The predicted molar refractivity (Wildman–Crippen MR) is 119 cm³/mol. The van der Waals surface area contributed by atoms with Crippen molar-refractivity contribution >= 4 is 35.2 Å². The smallest absolute Gasteiger partial charge is 0.339 e. The van der Waals surface area contributed by atoms with Crippen LogP contribution >= 0.6 is 11.6 Å². The minimum absolute atomic E-state index is 0.0964. The van der Waals surface area contributed by atoms with Gasteiger partial charge in [0.2, 0.25) is 0 Å². The van der Waals surface area contributed by atoms with Crippen LogP contribution in [0.5, 0.6) is 0 Å². The molecule has 0 radical (unpaired) electrons. The monoisotopic (exact) mass is 434 g/mol. The normalized spacial score (nSPS) is 11.0. The van der Waals surface area contributed by atoms with E-state index in [1.54, 1.807) is 36.4 Å². The molecule has 0 aliphatic rings. The van der Waals surface area contributed by atoms with Gasteiger partial charge < -0.3 is 14.5 Å². The van der Waals surface area contributed by atoms with Crippen LogP contribution in [0.4, 0.5) is 5.69 Å². The molecule has 0 aliphatic heterocycles. The van der Waals surface area contributed by atoms with E-state index >= 15 is 0 Å². The molecular weight excluding hydrogens is 416 g/mol. The Morgan fingerprint density at radius 1 is 1.16 bits per heavy atom. The Labute approximate surface area is 184 Å². The number of amides is 1. The number of rotatable bonds is 5. The van der Waals surface area contributed by atoms with Crippen LogP contribution < -0.4 is 5.32 Å². The molecule has 0 atom stereocenters. The van der Waals surface area contributed by atoms with E-state index in [2.05, 4.69) is 10.1 Å². The van der Waals surface area contributed by atoms with Gasteiger partial charge in [-0.2, -0.15) is 5.26 Å². The van der Waals surface area contributed by atoms with E-state index in [-0.39, 0.29) is 16.2 Å². The van der Waals surface area contributed by atoms with Crippen molar-refractivity contribution in [3.63, 3.8) is 0 Å². The van der Waals surface area contributed by atoms with Crippen molar-refractivity contribution in [3.05, 3.63) is 81.6 Å². The summed E-state index contributed by atoms with van der Waals surface area (Å²) in [6.07, 6.45) is 1.37. The lowest BCUT2D eigenvalue weighted by atomic mass is 10.1. The first-order chi connectivity index (χ1) is 14.8. The largest absolute Gasteiger partial charge is 0.465 e. The van der Waals surface area contributed by atoms with Gasteiger partial charge in [0, 0.05) is 17.3 Å². The van der Waals surface area contributed by atoms with Crippen molar-refractivity contribution < 1.29 is 18.7 Å². The summed E-state index contributed by atoms with van der Waals surface area (Å²) < 4.78 is 10.4. The maximum atomic E-state index is 12.6. The van der Waals surface area contributed by atoms with Gasteiger partial charge in [0.25, 0.3) is 5.91 Å². The Bertz CT molecular complexity index is 1230. The Kier molecular flexibility index (Phi) is 6.58. The molecule has 3 rings (SSSR count). The van der Waals surface area contributed by atoms with E-state index in [9.17, 15) is 14.9 Å². The second kappa shape index (κ2) is 9.33. The number of nitrogens with one attached hydrogen (secondary N) is 1. The van der Waals surface area contributed by atoms with E-state index < -0.39 is 11.9 Å². The van der Waals surface area contributed by atoms with Gasteiger partial charge in [-0.3, -0.25) is 4.79 Å². The zero-order valence-corrected chi connectivity index (χ0v) is 17.9. The Morgan fingerprint density at radius 2 is 1.94 bits per heavy atom. The number of hydrogen-bond donors (Lipinski definition) is 1. The quantitative estimate of drug-likeness (QED) is 0.323. The topological polar surface area (TPSA) is 92.3 Å². The third kappa shape index (κ3) is 4.85. The highest BCUT2D eigenvalue weighted by Gasteiger charge is 2.15. The number of halogens is 1. The number of nitrogens with zero attached hydrogens (tertiary/aromatic N) is 1. The van der Waals surface area contributed by atoms with Crippen molar-refractivity contribution in [2.24, 2.45) is 0 Å². The average Bonchev–Trinajstić information content (AvgIpc) is 3.23. The molecule has 7 heteroatoms. The molecule has 0 saturated carbocycles. The third-order valence-corrected chi connectivity index (χ3v) is 5.10. The molecule has 6 nitrogen and oxygen atoms in total. The fraction of sp³-hybridized carbons (Fsp3) is 0.125. The fourth-order valence-electron chi connectivity index (χ4n) is 2.90. The van der Waals surface area contributed by atoms with Crippen molar-refractivity contribution in [3.8, 4) is 17.4 Å². The van der Waals surface area contributed by atoms with Gasteiger partial charge in [0.1, 0.15) is 23.2 Å². The lowest BCUT2D eigenvalue weighted by Crippen LogP contribution is -2.14. The van der Waals surface area contributed by atoms with Crippen LogP contribution in [0.15, 0.2) is 58.5 Å². The molecule has 1 amide bonds. The van der Waals surface area contributed by atoms with Gasteiger partial charge >= 0.3 is 5.97 Å². The molecule has 2 aromatic carbocycles. The molecule has 0 bridgehead atoms. The van der Waals surface area contributed by atoms with Crippen LogP contribution in [0.25, 0.3) is 17.4 Å². The second-order valence-electron chi connectivity index (χ2n) is 6.76. The van der Waals surface area contributed by atoms with E-state index in [1.165, 1.54) is 13.2 Å². The van der Waals surface area contributed by atoms with Crippen LogP contribution in [0, 0.1) is 25.2 Å². The number of furan rings is 1. The van der Waals surface area contributed by atoms with Crippen LogP contribution in [0.3, 0.4) is 0 Å². The second-order valence-corrected chi connectivity index (χ2v) is 7.17. The number of carbonyl (C=O) groups excluding carboxylic acids is 2. The third-order valence-electron chi connectivity index (χ3n) is 4.79. The summed E-state index contributed by atoms with van der Waals surface area (Å²) in [5, 5.41) is 12.4. The number of esters is 1. The number of benzene rings is 2. The first kappa shape index (κ1) is 21.9. The van der Waals surface area contributed by atoms with E-state index in [1.807, 2.05) is 32.0 Å². The Morgan fingerprint density at radius 3 is 2.61 bits per heavy atom. The molecule has 0 aliphatic carbocycles. The molecule has 156 valence electrons. The molecule has 1 heterocycles. The molecule has 31 heavy (non-hydrogen) atoms. The maximum Gasteiger partial charge on any atom is 0.339 e. The van der Waals surface area contributed by atoms with Crippen LogP contribution in [-0.4, -0.2) is 19.0 Å². The zero-order valence-electron chi connectivity index (χ0n) is 17.2. The number of anilines is 1. The summed E-state index contributed by atoms with van der Waals surface area (Å²) >= 11 is 6.16. The number of methoxy groups -OCH3 is 1. The minimum atomic E-state index is -0.534. The number of nitriles is 1. The summed E-state index contributed by atoms with van der Waals surface area (Å²) in [5.41, 5.74) is 3.39. The van der Waals surface area contributed by atoms with Crippen LogP contribution in [0.1, 0.15) is 27.2 Å². The number of ether oxygens (including phenoxy) is 1. The van der Waals surface area contributed by atoms with Crippen LogP contribution in [0.2, 0.25) is 5.02 Å². The Balaban J connectivity index is 1.83. The van der Waals surface area contributed by atoms with E-state index in [4.69, 9.17) is 16.0 Å². The number of hydrogen-bond acceptors (Lipinski definition) is 5. The Hall–Kier alpha value is -3.82. The van der Waals surface area contributed by atoms with Gasteiger partial charge in [0.15, 0.2) is 0 Å². The summed E-state index contributed by atoms with van der Waals surface area (Å²) in [4.78, 5) is 24.2. The predicted octanol–water partition coefficient (Wildman–Crippen LogP) is 5.55. The van der Waals surface area contributed by atoms with Crippen molar-refractivity contribution in [1.29, 1.82) is 5.26 Å². The van der Waals surface area contributed by atoms with E-state index in [0.29, 0.717) is 22.8 Å². The first-order valence-electron chi connectivity index (χ1n) is 9.31. The standard InChI is InChI=1S/C24H19ClN2O4/c1-14-5-4-6-21(15(14)2)27-23(28)17(13-26)11-18-8-10-22(31-18)16-7-9-19(20(25)12-16)24(29)30-3/h4-12H,1-3H3,(H,27,28)/b17-11+. The molecule has 0 spiro atoms. The minimum Gasteiger partial charge on any atom is -0.465 e.